The van der Waals surface area contributed by atoms with Crippen molar-refractivity contribution in [3.63, 3.8) is 0 Å². The predicted molar refractivity (Wildman–Crippen MR) is 60.8 cm³/mol. The van der Waals surface area contributed by atoms with Gasteiger partial charge in [-0.3, -0.25) is 0 Å². The zero-order chi connectivity index (χ0) is 11.0. The van der Waals surface area contributed by atoms with E-state index in [-0.39, 0.29) is 0 Å². The highest BCUT2D eigenvalue weighted by atomic mass is 35.5. The lowest BCUT2D eigenvalue weighted by Gasteiger charge is -2.07. The first kappa shape index (κ1) is 10.5. The fourth-order valence-electron chi connectivity index (χ4n) is 1.33. The van der Waals surface area contributed by atoms with Gasteiger partial charge in [0.05, 0.1) is 23.3 Å². The average Bonchev–Trinajstić information content (AvgIpc) is 2.21. The van der Waals surface area contributed by atoms with Gasteiger partial charge >= 0.3 is 0 Å². The molecule has 0 N–H and O–H groups in total. The first-order valence-corrected chi connectivity index (χ1v) is 5.05. The summed E-state index contributed by atoms with van der Waals surface area (Å²) in [6, 6.07) is 3.47. The van der Waals surface area contributed by atoms with E-state index in [9.17, 15) is 0 Å². The number of fused-ring (bicyclic) bond motifs is 1. The van der Waals surface area contributed by atoms with Gasteiger partial charge in [0.25, 0.3) is 0 Å². The van der Waals surface area contributed by atoms with E-state index < -0.39 is 0 Å². The van der Waals surface area contributed by atoms with E-state index >= 15 is 0 Å². The van der Waals surface area contributed by atoms with Crippen molar-refractivity contribution in [3.05, 3.63) is 28.0 Å². The SMILES string of the molecule is COc1c(Cl)ccc2nc(Cl)c(C)nc12. The van der Waals surface area contributed by atoms with Gasteiger partial charge in [0.1, 0.15) is 5.52 Å². The monoisotopic (exact) mass is 242 g/mol. The number of hydrogen-bond donors (Lipinski definition) is 0. The third-order valence-corrected chi connectivity index (χ3v) is 2.72. The Morgan fingerprint density at radius 1 is 1.20 bits per heavy atom. The molecule has 3 nitrogen and oxygen atoms in total. The summed E-state index contributed by atoms with van der Waals surface area (Å²) in [4.78, 5) is 8.49. The molecule has 0 aliphatic heterocycles. The minimum Gasteiger partial charge on any atom is -0.493 e. The van der Waals surface area contributed by atoms with Crippen molar-refractivity contribution in [1.82, 2.24) is 9.97 Å². The summed E-state index contributed by atoms with van der Waals surface area (Å²) < 4.78 is 5.18. The van der Waals surface area contributed by atoms with Gasteiger partial charge in [0, 0.05) is 0 Å². The predicted octanol–water partition coefficient (Wildman–Crippen LogP) is 3.25. The number of ether oxygens (including phenoxy) is 1. The van der Waals surface area contributed by atoms with E-state index in [0.717, 1.165) is 0 Å². The molecule has 0 bridgehead atoms. The Balaban J connectivity index is 2.86. The van der Waals surface area contributed by atoms with Crippen molar-refractivity contribution in [2.75, 3.05) is 7.11 Å². The molecule has 0 unspecified atom stereocenters. The van der Waals surface area contributed by atoms with Gasteiger partial charge in [-0.05, 0) is 19.1 Å². The zero-order valence-electron chi connectivity index (χ0n) is 8.21. The van der Waals surface area contributed by atoms with Crippen LogP contribution in [0.3, 0.4) is 0 Å². The normalized spacial score (nSPS) is 10.7. The van der Waals surface area contributed by atoms with Crippen LogP contribution in [0.2, 0.25) is 10.2 Å². The fraction of sp³-hybridized carbons (Fsp3) is 0.200. The van der Waals surface area contributed by atoms with Crippen molar-refractivity contribution < 1.29 is 4.74 Å². The van der Waals surface area contributed by atoms with E-state index in [4.69, 9.17) is 27.9 Å². The van der Waals surface area contributed by atoms with Crippen LogP contribution in [-0.4, -0.2) is 17.1 Å². The Kier molecular flexibility index (Phi) is 2.67. The van der Waals surface area contributed by atoms with Crippen LogP contribution < -0.4 is 4.74 Å². The second-order valence-electron chi connectivity index (χ2n) is 3.05. The van der Waals surface area contributed by atoms with E-state index in [1.165, 1.54) is 0 Å². The molecule has 0 atom stereocenters. The van der Waals surface area contributed by atoms with Gasteiger partial charge in [-0.2, -0.15) is 0 Å². The number of rotatable bonds is 1. The Bertz CT molecular complexity index is 528. The molecule has 0 spiro atoms. The van der Waals surface area contributed by atoms with Crippen molar-refractivity contribution in [2.45, 2.75) is 6.92 Å². The van der Waals surface area contributed by atoms with Gasteiger partial charge in [-0.15, -0.1) is 0 Å². The zero-order valence-corrected chi connectivity index (χ0v) is 9.73. The maximum atomic E-state index is 5.97. The third-order valence-electron chi connectivity index (χ3n) is 2.06. The Morgan fingerprint density at radius 3 is 2.60 bits per heavy atom. The molecular weight excluding hydrogens is 235 g/mol. The molecule has 0 amide bonds. The Morgan fingerprint density at radius 2 is 1.93 bits per heavy atom. The Labute approximate surface area is 97.0 Å². The van der Waals surface area contributed by atoms with Crippen LogP contribution in [-0.2, 0) is 0 Å². The van der Waals surface area contributed by atoms with Crippen LogP contribution in [0, 0.1) is 6.92 Å². The van der Waals surface area contributed by atoms with Crippen LogP contribution >= 0.6 is 23.2 Å². The molecule has 5 heteroatoms. The molecule has 1 aromatic heterocycles. The van der Waals surface area contributed by atoms with Crippen LogP contribution in [0.1, 0.15) is 5.69 Å². The van der Waals surface area contributed by atoms with Crippen LogP contribution in [0.15, 0.2) is 12.1 Å². The second-order valence-corrected chi connectivity index (χ2v) is 3.81. The molecule has 0 radical (unpaired) electrons. The maximum Gasteiger partial charge on any atom is 0.165 e. The molecule has 0 aliphatic carbocycles. The van der Waals surface area contributed by atoms with Crippen molar-refractivity contribution >= 4 is 34.2 Å². The molecule has 78 valence electrons. The summed E-state index contributed by atoms with van der Waals surface area (Å²) in [5.41, 5.74) is 1.96. The number of benzene rings is 1. The molecule has 2 rings (SSSR count). The second kappa shape index (κ2) is 3.83. The number of methoxy groups -OCH3 is 1. The van der Waals surface area contributed by atoms with E-state index in [0.29, 0.717) is 32.7 Å². The molecule has 1 heterocycles. The third kappa shape index (κ3) is 1.73. The fourth-order valence-corrected chi connectivity index (χ4v) is 1.69. The van der Waals surface area contributed by atoms with Gasteiger partial charge in [0.2, 0.25) is 0 Å². The molecule has 2 aromatic rings. The highest BCUT2D eigenvalue weighted by Gasteiger charge is 2.10. The van der Waals surface area contributed by atoms with Crippen LogP contribution in [0.25, 0.3) is 11.0 Å². The quantitative estimate of drug-likeness (QED) is 0.771. The van der Waals surface area contributed by atoms with Gasteiger partial charge in [0.15, 0.2) is 10.9 Å². The Hall–Kier alpha value is -1.06. The van der Waals surface area contributed by atoms with Crippen LogP contribution in [0.5, 0.6) is 5.75 Å². The molecule has 15 heavy (non-hydrogen) atoms. The summed E-state index contributed by atoms with van der Waals surface area (Å²) in [6.45, 7) is 1.79. The number of aryl methyl sites for hydroxylation is 1. The highest BCUT2D eigenvalue weighted by Crippen LogP contribution is 2.32. The van der Waals surface area contributed by atoms with E-state index in [1.54, 1.807) is 26.2 Å². The van der Waals surface area contributed by atoms with Gasteiger partial charge in [-0.25, -0.2) is 9.97 Å². The lowest BCUT2D eigenvalue weighted by atomic mass is 10.2. The number of nitrogens with zero attached hydrogens (tertiary/aromatic N) is 2. The lowest BCUT2D eigenvalue weighted by molar-refractivity contribution is 0.419. The summed E-state index contributed by atoms with van der Waals surface area (Å²) in [5.74, 6) is 0.529. The summed E-state index contributed by atoms with van der Waals surface area (Å²) in [7, 11) is 1.55. The molecule has 0 saturated heterocycles. The van der Waals surface area contributed by atoms with Crippen LogP contribution in [0.4, 0.5) is 0 Å². The summed E-state index contributed by atoms with van der Waals surface area (Å²) >= 11 is 11.8. The smallest absolute Gasteiger partial charge is 0.165 e. The molecule has 1 aromatic carbocycles. The molecule has 0 aliphatic rings. The summed E-state index contributed by atoms with van der Waals surface area (Å²) in [6.07, 6.45) is 0. The molecule has 0 saturated carbocycles. The first-order valence-electron chi connectivity index (χ1n) is 4.30. The number of halogens is 2. The lowest BCUT2D eigenvalue weighted by Crippen LogP contribution is -1.94. The van der Waals surface area contributed by atoms with Gasteiger partial charge < -0.3 is 4.74 Å². The van der Waals surface area contributed by atoms with E-state index in [2.05, 4.69) is 9.97 Å². The minimum atomic E-state index is 0.395. The molecular formula is C10H8Cl2N2O. The van der Waals surface area contributed by atoms with Crippen molar-refractivity contribution in [2.24, 2.45) is 0 Å². The largest absolute Gasteiger partial charge is 0.493 e. The average molecular weight is 243 g/mol. The standard InChI is InChI=1S/C10H8Cl2N2O/c1-5-10(12)14-7-4-3-6(11)9(15-2)8(7)13-5/h3-4H,1-2H3. The topological polar surface area (TPSA) is 35.0 Å². The van der Waals surface area contributed by atoms with Crippen molar-refractivity contribution in [3.8, 4) is 5.75 Å². The maximum absolute atomic E-state index is 5.97. The van der Waals surface area contributed by atoms with Crippen molar-refractivity contribution in [1.29, 1.82) is 0 Å². The minimum absolute atomic E-state index is 0.395. The van der Waals surface area contributed by atoms with E-state index in [1.807, 2.05) is 0 Å². The number of aromatic nitrogens is 2. The highest BCUT2D eigenvalue weighted by molar-refractivity contribution is 6.33. The first-order chi connectivity index (χ1) is 7.13. The molecule has 0 fully saturated rings. The number of hydrogen-bond acceptors (Lipinski definition) is 3. The summed E-state index contributed by atoms with van der Waals surface area (Å²) in [5, 5.41) is 0.910. The van der Waals surface area contributed by atoms with Gasteiger partial charge in [-0.1, -0.05) is 23.2 Å².